The zero-order valence-electron chi connectivity index (χ0n) is 31.0. The zero-order valence-corrected chi connectivity index (χ0v) is 31.8. The Kier molecular flexibility index (Phi) is 12.8. The molecule has 19 heteroatoms. The van der Waals surface area contributed by atoms with Crippen LogP contribution in [0.2, 0.25) is 0 Å². The number of aromatic nitrogens is 4. The van der Waals surface area contributed by atoms with Gasteiger partial charge in [0.1, 0.15) is 24.6 Å². The second-order valence-electron chi connectivity index (χ2n) is 14.3. The van der Waals surface area contributed by atoms with Gasteiger partial charge in [0.05, 0.1) is 37.9 Å². The number of fused-ring (bicyclic) bond motifs is 2. The average Bonchev–Trinajstić information content (AvgIpc) is 3.97. The van der Waals surface area contributed by atoms with Crippen molar-refractivity contribution in [2.45, 2.75) is 80.4 Å². The molecule has 0 bridgehead atoms. The molecule has 3 saturated heterocycles. The zero-order chi connectivity index (χ0) is 39.9. The third kappa shape index (κ3) is 9.80. The summed E-state index contributed by atoms with van der Waals surface area (Å²) in [6.45, 7) is 0.214. The molecule has 0 aliphatic carbocycles. The summed E-state index contributed by atoms with van der Waals surface area (Å²) in [6, 6.07) is 14.6. The molecule has 3 aliphatic heterocycles. The van der Waals surface area contributed by atoms with Crippen molar-refractivity contribution >= 4 is 63.9 Å². The first kappa shape index (κ1) is 39.9. The number of urea groups is 1. The van der Waals surface area contributed by atoms with Crippen LogP contribution in [0.15, 0.2) is 61.2 Å². The molecule has 2 aromatic carbocycles. The molecule has 0 radical (unpaired) electrons. The summed E-state index contributed by atoms with van der Waals surface area (Å²) in [4.78, 5) is 62.0. The van der Waals surface area contributed by atoms with E-state index in [0.717, 1.165) is 36.1 Å². The van der Waals surface area contributed by atoms with Gasteiger partial charge in [-0.25, -0.2) is 19.7 Å². The normalized spacial score (nSPS) is 23.8. The second kappa shape index (κ2) is 18.3. The van der Waals surface area contributed by atoms with Gasteiger partial charge in [0.15, 0.2) is 23.2 Å². The number of amides is 5. The lowest BCUT2D eigenvalue weighted by atomic mass is 10.0. The molecule has 9 N–H and O–H groups in total. The van der Waals surface area contributed by atoms with Gasteiger partial charge in [-0.1, -0.05) is 30.7 Å². The van der Waals surface area contributed by atoms with Crippen molar-refractivity contribution in [3.8, 4) is 0 Å². The smallest absolute Gasteiger partial charge is 0.315 e. The van der Waals surface area contributed by atoms with Gasteiger partial charge in [0, 0.05) is 41.9 Å². The number of aliphatic hydroxyl groups is 3. The van der Waals surface area contributed by atoms with Gasteiger partial charge in [0.25, 0.3) is 0 Å². The number of anilines is 3. The number of hydrogen-bond donors (Lipinski definition) is 9. The number of unbranched alkanes of at least 4 members (excludes halogenated alkanes) is 1. The molecular formula is C38H46N10O8S. The minimum Gasteiger partial charge on any atom is -0.394 e. The van der Waals surface area contributed by atoms with E-state index >= 15 is 0 Å². The van der Waals surface area contributed by atoms with Crippen molar-refractivity contribution < 1.29 is 39.2 Å². The van der Waals surface area contributed by atoms with Crippen LogP contribution in [0.1, 0.15) is 43.0 Å². The number of imidazole rings is 1. The number of carbonyl (C=O) groups is 4. The van der Waals surface area contributed by atoms with Crippen LogP contribution < -0.4 is 31.9 Å². The van der Waals surface area contributed by atoms with Crippen molar-refractivity contribution in [3.63, 3.8) is 0 Å². The van der Waals surface area contributed by atoms with E-state index in [1.165, 1.54) is 17.2 Å². The highest BCUT2D eigenvalue weighted by atomic mass is 32.2. The van der Waals surface area contributed by atoms with Crippen LogP contribution in [0.3, 0.4) is 0 Å². The Labute approximate surface area is 332 Å². The first-order valence-electron chi connectivity index (χ1n) is 18.9. The van der Waals surface area contributed by atoms with E-state index in [9.17, 15) is 34.5 Å². The van der Waals surface area contributed by atoms with E-state index < -0.39 is 31.1 Å². The van der Waals surface area contributed by atoms with Gasteiger partial charge in [-0.05, 0) is 48.2 Å². The minimum atomic E-state index is -1.28. The second-order valence-corrected chi connectivity index (χ2v) is 15.5. The molecule has 18 nitrogen and oxygen atoms in total. The Balaban J connectivity index is 0.787. The molecular weight excluding hydrogens is 757 g/mol. The SMILES string of the molecule is O=C(CCCCC1SCC2NC(=O)NC21)NCCNC(=O)Cc1ccc(NC(=O)Cc2ccc(Nc3ncnc4c3ncn4C3O[C@H](CO)[C@@H](O)[C@H]3O)cc2)cc1. The molecule has 3 fully saturated rings. The van der Waals surface area contributed by atoms with Gasteiger partial charge in [-0.3, -0.25) is 19.0 Å². The van der Waals surface area contributed by atoms with Crippen LogP contribution in [0.4, 0.5) is 22.0 Å². The Morgan fingerprint density at radius 3 is 2.28 bits per heavy atom. The third-order valence-electron chi connectivity index (χ3n) is 10.2. The number of ether oxygens (including phenoxy) is 1. The molecule has 0 spiro atoms. The first-order chi connectivity index (χ1) is 27.6. The summed E-state index contributed by atoms with van der Waals surface area (Å²) in [5.41, 5.74) is 3.61. The summed E-state index contributed by atoms with van der Waals surface area (Å²) >= 11 is 1.87. The Bertz CT molecular complexity index is 2050. The van der Waals surface area contributed by atoms with Crippen molar-refractivity contribution in [1.82, 2.24) is 40.8 Å². The molecule has 3 aliphatic rings. The van der Waals surface area contributed by atoms with Gasteiger partial charge >= 0.3 is 6.03 Å². The number of hydrogen-bond acceptors (Lipinski definition) is 13. The van der Waals surface area contributed by atoms with Crippen LogP contribution in [0.5, 0.6) is 0 Å². The molecule has 5 heterocycles. The van der Waals surface area contributed by atoms with E-state index in [1.54, 1.807) is 36.4 Å². The number of carbonyl (C=O) groups excluding carboxylic acids is 4. The van der Waals surface area contributed by atoms with Gasteiger partial charge in [0.2, 0.25) is 17.7 Å². The van der Waals surface area contributed by atoms with Crippen molar-refractivity contribution in [3.05, 3.63) is 72.3 Å². The lowest BCUT2D eigenvalue weighted by Gasteiger charge is -2.16. The highest BCUT2D eigenvalue weighted by molar-refractivity contribution is 8.00. The molecule has 7 rings (SSSR count). The van der Waals surface area contributed by atoms with Crippen LogP contribution in [-0.2, 0) is 32.0 Å². The summed E-state index contributed by atoms with van der Waals surface area (Å²) in [7, 11) is 0. The maximum absolute atomic E-state index is 12.8. The predicted octanol–water partition coefficient (Wildman–Crippen LogP) is 0.863. The topological polar surface area (TPSA) is 254 Å². The Morgan fingerprint density at radius 2 is 1.56 bits per heavy atom. The maximum atomic E-state index is 12.8. The first-order valence-corrected chi connectivity index (χ1v) is 20.0. The largest absolute Gasteiger partial charge is 0.394 e. The highest BCUT2D eigenvalue weighted by Crippen LogP contribution is 2.34. The Morgan fingerprint density at radius 1 is 0.860 bits per heavy atom. The summed E-state index contributed by atoms with van der Waals surface area (Å²) in [5, 5.41) is 48.1. The standard InChI is InChI=1S/C38H46N10O8S/c49-17-26-33(53)34(54)37(56-26)48-20-43-32-35(41-19-42-36(32)48)45-24-11-7-22(8-12-24)16-30(52)44-23-9-5-21(6-10-23)15-29(51)40-14-13-39-28(50)4-2-1-3-27-31-25(18-57-27)46-38(55)47-31/h5-12,19-20,25-27,31,33-34,37,49,53-54H,1-4,13-18H2,(H,39,50)(H,40,51)(H,44,52)(H,41,42,45)(H2,46,47,55)/t25?,26-,27?,31?,33-,34-,37?/m1/s1. The van der Waals surface area contributed by atoms with Crippen LogP contribution in [0.25, 0.3) is 11.2 Å². The fourth-order valence-corrected chi connectivity index (χ4v) is 8.74. The Hall–Kier alpha value is -5.34. The lowest BCUT2D eigenvalue weighted by molar-refractivity contribution is -0.122. The molecule has 302 valence electrons. The van der Waals surface area contributed by atoms with Crippen LogP contribution >= 0.6 is 11.8 Å². The monoisotopic (exact) mass is 802 g/mol. The maximum Gasteiger partial charge on any atom is 0.315 e. The third-order valence-corrected chi connectivity index (χ3v) is 11.7. The molecule has 0 saturated carbocycles. The van der Waals surface area contributed by atoms with Gasteiger partial charge in [-0.2, -0.15) is 11.8 Å². The van der Waals surface area contributed by atoms with E-state index in [4.69, 9.17) is 4.74 Å². The number of nitrogens with zero attached hydrogens (tertiary/aromatic N) is 4. The van der Waals surface area contributed by atoms with E-state index in [2.05, 4.69) is 46.9 Å². The molecule has 7 atom stereocenters. The van der Waals surface area contributed by atoms with Crippen LogP contribution in [0, 0.1) is 0 Å². The number of nitrogens with one attached hydrogen (secondary N) is 6. The van der Waals surface area contributed by atoms with E-state index in [-0.39, 0.29) is 48.7 Å². The number of aliphatic hydroxyl groups excluding tert-OH is 3. The molecule has 5 amide bonds. The molecule has 2 aromatic heterocycles. The van der Waals surface area contributed by atoms with E-state index in [0.29, 0.717) is 53.1 Å². The van der Waals surface area contributed by atoms with Crippen LogP contribution in [-0.4, -0.2) is 120 Å². The van der Waals surface area contributed by atoms with Crippen molar-refractivity contribution in [1.29, 1.82) is 0 Å². The molecule has 57 heavy (non-hydrogen) atoms. The average molecular weight is 803 g/mol. The number of thioether (sulfide) groups is 1. The summed E-state index contributed by atoms with van der Waals surface area (Å²) in [6.07, 6.45) is 1.65. The lowest BCUT2D eigenvalue weighted by Crippen LogP contribution is -2.36. The quantitative estimate of drug-likeness (QED) is 0.0532. The summed E-state index contributed by atoms with van der Waals surface area (Å²) in [5.74, 6) is 0.894. The molecule has 4 unspecified atom stereocenters. The number of benzene rings is 2. The minimum absolute atomic E-state index is 0.0467. The number of rotatable bonds is 17. The van der Waals surface area contributed by atoms with Crippen molar-refractivity contribution in [2.75, 3.05) is 36.1 Å². The van der Waals surface area contributed by atoms with Gasteiger partial charge < -0.3 is 52.0 Å². The van der Waals surface area contributed by atoms with E-state index in [1.807, 2.05) is 23.9 Å². The fourth-order valence-electron chi connectivity index (χ4n) is 7.19. The highest BCUT2D eigenvalue weighted by Gasteiger charge is 2.44. The predicted molar refractivity (Wildman–Crippen MR) is 211 cm³/mol. The molecule has 4 aromatic rings. The van der Waals surface area contributed by atoms with Gasteiger partial charge in [-0.15, -0.1) is 0 Å². The summed E-state index contributed by atoms with van der Waals surface area (Å²) < 4.78 is 7.10. The van der Waals surface area contributed by atoms with Crippen molar-refractivity contribution in [2.24, 2.45) is 0 Å². The fraction of sp³-hybridized carbons (Fsp3) is 0.447.